The summed E-state index contributed by atoms with van der Waals surface area (Å²) in [5, 5.41) is 14.1. The quantitative estimate of drug-likeness (QED) is 0.737. The van der Waals surface area contributed by atoms with Crippen molar-refractivity contribution in [2.75, 3.05) is 5.32 Å². The number of fused-ring (bicyclic) bond motifs is 1. The highest BCUT2D eigenvalue weighted by Gasteiger charge is 2.06. The summed E-state index contributed by atoms with van der Waals surface area (Å²) in [6.45, 7) is 1.97. The molecule has 21 heavy (non-hydrogen) atoms. The minimum atomic E-state index is 0.606. The molecule has 3 aromatic rings. The average molecular weight is 294 g/mol. The van der Waals surface area contributed by atoms with Crippen LogP contribution in [0.25, 0.3) is 10.9 Å². The lowest BCUT2D eigenvalue weighted by molar-refractivity contribution is 1.34. The Balaban J connectivity index is 2.07. The molecule has 0 aliphatic heterocycles. The molecule has 1 heterocycles. The van der Waals surface area contributed by atoms with Crippen LogP contribution in [0.4, 0.5) is 11.5 Å². The molecule has 0 saturated carbocycles. The second-order valence-electron chi connectivity index (χ2n) is 4.77. The van der Waals surface area contributed by atoms with Crippen molar-refractivity contribution in [1.29, 1.82) is 5.26 Å². The van der Waals surface area contributed by atoms with Crippen LogP contribution in [0.1, 0.15) is 11.1 Å². The molecule has 3 rings (SSSR count). The number of aromatic nitrogens is 1. The van der Waals surface area contributed by atoms with Crippen molar-refractivity contribution in [3.63, 3.8) is 0 Å². The summed E-state index contributed by atoms with van der Waals surface area (Å²) in [6.07, 6.45) is 0. The minimum absolute atomic E-state index is 0.606. The highest BCUT2D eigenvalue weighted by molar-refractivity contribution is 6.30. The second-order valence-corrected chi connectivity index (χ2v) is 5.20. The van der Waals surface area contributed by atoms with Gasteiger partial charge in [0, 0.05) is 16.1 Å². The molecule has 0 amide bonds. The van der Waals surface area contributed by atoms with E-state index in [4.69, 9.17) is 11.6 Å². The number of para-hydroxylation sites is 1. The van der Waals surface area contributed by atoms with Crippen molar-refractivity contribution >= 4 is 34.0 Å². The smallest absolute Gasteiger partial charge is 0.132 e. The molecule has 102 valence electrons. The van der Waals surface area contributed by atoms with Gasteiger partial charge in [0.15, 0.2) is 0 Å². The largest absolute Gasteiger partial charge is 0.340 e. The number of rotatable bonds is 2. The Labute approximate surface area is 127 Å². The Kier molecular flexibility index (Phi) is 3.47. The highest BCUT2D eigenvalue weighted by atomic mass is 35.5. The topological polar surface area (TPSA) is 48.7 Å². The lowest BCUT2D eigenvalue weighted by atomic mass is 10.1. The molecule has 1 N–H and O–H groups in total. The zero-order valence-electron chi connectivity index (χ0n) is 11.4. The van der Waals surface area contributed by atoms with Gasteiger partial charge < -0.3 is 5.32 Å². The zero-order chi connectivity index (χ0) is 14.8. The van der Waals surface area contributed by atoms with E-state index in [0.717, 1.165) is 22.2 Å². The van der Waals surface area contributed by atoms with Crippen molar-refractivity contribution in [3.05, 3.63) is 64.7 Å². The summed E-state index contributed by atoms with van der Waals surface area (Å²) >= 11 is 5.96. The third kappa shape index (κ3) is 2.67. The van der Waals surface area contributed by atoms with Crippen LogP contribution in [0.3, 0.4) is 0 Å². The SMILES string of the molecule is Cc1cc(Cl)ccc1Nc1cc(C#N)c2ccccc2n1. The summed E-state index contributed by atoms with van der Waals surface area (Å²) in [5.41, 5.74) is 3.35. The van der Waals surface area contributed by atoms with Gasteiger partial charge in [-0.3, -0.25) is 0 Å². The molecule has 3 nitrogen and oxygen atoms in total. The number of halogens is 1. The van der Waals surface area contributed by atoms with Gasteiger partial charge in [-0.2, -0.15) is 5.26 Å². The summed E-state index contributed by atoms with van der Waals surface area (Å²) in [4.78, 5) is 4.55. The van der Waals surface area contributed by atoms with Crippen molar-refractivity contribution in [2.24, 2.45) is 0 Å². The number of nitrogens with zero attached hydrogens (tertiary/aromatic N) is 2. The number of nitriles is 1. The van der Waals surface area contributed by atoms with E-state index in [2.05, 4.69) is 16.4 Å². The van der Waals surface area contributed by atoms with Gasteiger partial charge in [-0.25, -0.2) is 4.98 Å². The van der Waals surface area contributed by atoms with Crippen molar-refractivity contribution in [3.8, 4) is 6.07 Å². The first-order valence-electron chi connectivity index (χ1n) is 6.50. The van der Waals surface area contributed by atoms with Gasteiger partial charge in [-0.05, 0) is 42.8 Å². The predicted octanol–water partition coefficient (Wildman–Crippen LogP) is 4.81. The molecule has 0 bridgehead atoms. The van der Waals surface area contributed by atoms with Crippen LogP contribution in [0.15, 0.2) is 48.5 Å². The maximum absolute atomic E-state index is 9.29. The first-order valence-corrected chi connectivity index (χ1v) is 6.88. The van der Waals surface area contributed by atoms with Crippen molar-refractivity contribution in [1.82, 2.24) is 4.98 Å². The Hall–Kier alpha value is -2.57. The molecule has 0 radical (unpaired) electrons. The van der Waals surface area contributed by atoms with Crippen molar-refractivity contribution < 1.29 is 0 Å². The molecule has 0 unspecified atom stereocenters. The lowest BCUT2D eigenvalue weighted by Crippen LogP contribution is -1.97. The molecular formula is C17H12ClN3. The van der Waals surface area contributed by atoms with E-state index in [1.54, 1.807) is 6.07 Å². The molecule has 0 fully saturated rings. The monoisotopic (exact) mass is 293 g/mol. The van der Waals surface area contributed by atoms with Crippen LogP contribution in [-0.2, 0) is 0 Å². The van der Waals surface area contributed by atoms with E-state index in [1.807, 2.05) is 49.4 Å². The van der Waals surface area contributed by atoms with Crippen LogP contribution in [-0.4, -0.2) is 4.98 Å². The first-order chi connectivity index (χ1) is 10.2. The predicted molar refractivity (Wildman–Crippen MR) is 85.9 cm³/mol. The molecule has 0 atom stereocenters. The van der Waals surface area contributed by atoms with E-state index < -0.39 is 0 Å². The van der Waals surface area contributed by atoms with Gasteiger partial charge in [0.05, 0.1) is 17.1 Å². The summed E-state index contributed by atoms with van der Waals surface area (Å²) in [7, 11) is 0. The summed E-state index contributed by atoms with van der Waals surface area (Å²) in [5.74, 6) is 0.649. The number of hydrogen-bond donors (Lipinski definition) is 1. The number of pyridine rings is 1. The van der Waals surface area contributed by atoms with Gasteiger partial charge >= 0.3 is 0 Å². The Morgan fingerprint density at radius 1 is 1.14 bits per heavy atom. The molecule has 1 aromatic heterocycles. The summed E-state index contributed by atoms with van der Waals surface area (Å²) in [6, 6.07) is 17.2. The molecule has 0 spiro atoms. The van der Waals surface area contributed by atoms with E-state index in [0.29, 0.717) is 16.4 Å². The second kappa shape index (κ2) is 5.43. The zero-order valence-corrected chi connectivity index (χ0v) is 12.1. The fourth-order valence-corrected chi connectivity index (χ4v) is 2.46. The maximum atomic E-state index is 9.29. The standard InChI is InChI=1S/C17H12ClN3/c1-11-8-13(18)6-7-15(11)20-17-9-12(10-19)14-4-2-3-5-16(14)21-17/h2-9H,1H3,(H,20,21). The van der Waals surface area contributed by atoms with E-state index >= 15 is 0 Å². The van der Waals surface area contributed by atoms with Crippen molar-refractivity contribution in [2.45, 2.75) is 6.92 Å². The third-order valence-corrected chi connectivity index (χ3v) is 3.52. The number of benzene rings is 2. The maximum Gasteiger partial charge on any atom is 0.132 e. The molecule has 2 aromatic carbocycles. The number of aryl methyl sites for hydroxylation is 1. The number of nitrogens with one attached hydrogen (secondary N) is 1. The number of hydrogen-bond acceptors (Lipinski definition) is 3. The molecule has 4 heteroatoms. The van der Waals surface area contributed by atoms with E-state index in [9.17, 15) is 5.26 Å². The normalized spacial score (nSPS) is 10.3. The van der Waals surface area contributed by atoms with Gasteiger partial charge in [-0.1, -0.05) is 29.8 Å². The Morgan fingerprint density at radius 2 is 1.95 bits per heavy atom. The third-order valence-electron chi connectivity index (χ3n) is 3.29. The average Bonchev–Trinajstić information content (AvgIpc) is 2.49. The fourth-order valence-electron chi connectivity index (χ4n) is 2.24. The van der Waals surface area contributed by atoms with Crippen LogP contribution in [0.2, 0.25) is 5.02 Å². The molecule has 0 aliphatic rings. The lowest BCUT2D eigenvalue weighted by Gasteiger charge is -2.10. The van der Waals surface area contributed by atoms with Crippen LogP contribution >= 0.6 is 11.6 Å². The highest BCUT2D eigenvalue weighted by Crippen LogP contribution is 2.25. The minimum Gasteiger partial charge on any atom is -0.340 e. The van der Waals surface area contributed by atoms with Crippen LogP contribution in [0, 0.1) is 18.3 Å². The van der Waals surface area contributed by atoms with E-state index in [-0.39, 0.29) is 0 Å². The van der Waals surface area contributed by atoms with Crippen LogP contribution in [0.5, 0.6) is 0 Å². The van der Waals surface area contributed by atoms with Gasteiger partial charge in [0.1, 0.15) is 5.82 Å². The van der Waals surface area contributed by atoms with Crippen LogP contribution < -0.4 is 5.32 Å². The summed E-state index contributed by atoms with van der Waals surface area (Å²) < 4.78 is 0. The number of anilines is 2. The molecule has 0 saturated heterocycles. The molecular weight excluding hydrogens is 282 g/mol. The first kappa shape index (κ1) is 13.4. The van der Waals surface area contributed by atoms with Gasteiger partial charge in [-0.15, -0.1) is 0 Å². The van der Waals surface area contributed by atoms with Gasteiger partial charge in [0.2, 0.25) is 0 Å². The molecule has 0 aliphatic carbocycles. The van der Waals surface area contributed by atoms with E-state index in [1.165, 1.54) is 0 Å². The Morgan fingerprint density at radius 3 is 2.71 bits per heavy atom. The van der Waals surface area contributed by atoms with Gasteiger partial charge in [0.25, 0.3) is 0 Å². The Bertz CT molecular complexity index is 866. The fraction of sp³-hybridized carbons (Fsp3) is 0.0588.